The van der Waals surface area contributed by atoms with E-state index in [1.165, 1.54) is 0 Å². The van der Waals surface area contributed by atoms with Crippen molar-refractivity contribution in [2.75, 3.05) is 25.6 Å². The molecule has 0 radical (unpaired) electrons. The van der Waals surface area contributed by atoms with E-state index in [9.17, 15) is 8.78 Å². The van der Waals surface area contributed by atoms with E-state index in [2.05, 4.69) is 20.4 Å². The second-order valence-electron chi connectivity index (χ2n) is 6.41. The Balaban J connectivity index is 1.77. The number of hydrogen-bond donors (Lipinski definition) is 1. The van der Waals surface area contributed by atoms with Crippen LogP contribution in [0.2, 0.25) is 0 Å². The van der Waals surface area contributed by atoms with Crippen molar-refractivity contribution >= 4 is 5.82 Å². The van der Waals surface area contributed by atoms with E-state index in [-0.39, 0.29) is 18.9 Å². The Morgan fingerprint density at radius 2 is 2.04 bits per heavy atom. The monoisotopic (exact) mass is 367 g/mol. The van der Waals surface area contributed by atoms with Crippen molar-refractivity contribution in [3.8, 4) is 11.8 Å². The van der Waals surface area contributed by atoms with Crippen molar-refractivity contribution in [1.29, 1.82) is 0 Å². The summed E-state index contributed by atoms with van der Waals surface area (Å²) in [4.78, 5) is 8.81. The Morgan fingerprint density at radius 3 is 2.69 bits per heavy atom. The molecule has 1 N–H and O–H groups in total. The maximum absolute atomic E-state index is 13.3. The van der Waals surface area contributed by atoms with Gasteiger partial charge in [-0.15, -0.1) is 0 Å². The molecule has 1 aliphatic carbocycles. The van der Waals surface area contributed by atoms with Gasteiger partial charge in [-0.2, -0.15) is 15.1 Å². The summed E-state index contributed by atoms with van der Waals surface area (Å²) in [7, 11) is 1.59. The molecule has 3 rings (SSSR count). The number of rotatable bonds is 7. The molecule has 0 atom stereocenters. The quantitative estimate of drug-likeness (QED) is 0.759. The number of aryl methyl sites for hydroxylation is 1. The van der Waals surface area contributed by atoms with E-state index in [0.717, 1.165) is 5.69 Å². The van der Waals surface area contributed by atoms with Crippen molar-refractivity contribution < 1.29 is 18.3 Å². The first kappa shape index (κ1) is 18.5. The van der Waals surface area contributed by atoms with Gasteiger partial charge in [0, 0.05) is 38.3 Å². The zero-order chi connectivity index (χ0) is 18.6. The second kappa shape index (κ2) is 7.94. The van der Waals surface area contributed by atoms with Crippen LogP contribution < -0.4 is 10.1 Å². The lowest BCUT2D eigenvalue weighted by Gasteiger charge is -2.29. The number of halogens is 2. The van der Waals surface area contributed by atoms with E-state index in [4.69, 9.17) is 9.47 Å². The second-order valence-corrected chi connectivity index (χ2v) is 6.41. The zero-order valence-electron chi connectivity index (χ0n) is 14.9. The number of nitrogens with one attached hydrogen (secondary N) is 1. The maximum atomic E-state index is 13.3. The Labute approximate surface area is 150 Å². The van der Waals surface area contributed by atoms with Gasteiger partial charge in [-0.1, -0.05) is 0 Å². The van der Waals surface area contributed by atoms with E-state index >= 15 is 0 Å². The van der Waals surface area contributed by atoms with Gasteiger partial charge in [-0.05, 0) is 25.8 Å². The van der Waals surface area contributed by atoms with Gasteiger partial charge in [-0.3, -0.25) is 0 Å². The molecule has 0 spiro atoms. The van der Waals surface area contributed by atoms with Gasteiger partial charge in [0.2, 0.25) is 11.8 Å². The molecule has 26 heavy (non-hydrogen) atoms. The van der Waals surface area contributed by atoms with Gasteiger partial charge >= 0.3 is 0 Å². The SMILES string of the molecule is COCCOc1cc(NC2CCC(F)(F)CC2)nc(-n2ccc(C)n2)n1. The molecule has 0 aliphatic heterocycles. The molecule has 1 aliphatic rings. The molecule has 2 heterocycles. The minimum Gasteiger partial charge on any atom is -0.475 e. The third-order valence-electron chi connectivity index (χ3n) is 4.22. The number of nitrogens with zero attached hydrogens (tertiary/aromatic N) is 4. The van der Waals surface area contributed by atoms with Crippen molar-refractivity contribution in [2.45, 2.75) is 44.6 Å². The van der Waals surface area contributed by atoms with Crippen LogP contribution in [0.4, 0.5) is 14.6 Å². The van der Waals surface area contributed by atoms with Crippen molar-refractivity contribution in [2.24, 2.45) is 0 Å². The normalized spacial score (nSPS) is 17.2. The largest absolute Gasteiger partial charge is 0.475 e. The van der Waals surface area contributed by atoms with Crippen LogP contribution in [-0.2, 0) is 4.74 Å². The Hall–Kier alpha value is -2.29. The van der Waals surface area contributed by atoms with Crippen LogP contribution in [0.1, 0.15) is 31.4 Å². The van der Waals surface area contributed by atoms with Crippen LogP contribution in [0.25, 0.3) is 5.95 Å². The maximum Gasteiger partial charge on any atom is 0.255 e. The molecular weight excluding hydrogens is 344 g/mol. The van der Waals surface area contributed by atoms with Crippen LogP contribution >= 0.6 is 0 Å². The highest BCUT2D eigenvalue weighted by molar-refractivity contribution is 5.42. The van der Waals surface area contributed by atoms with Gasteiger partial charge in [0.05, 0.1) is 12.3 Å². The molecule has 2 aromatic heterocycles. The first-order chi connectivity index (χ1) is 12.4. The summed E-state index contributed by atoms with van der Waals surface area (Å²) in [6.07, 6.45) is 2.32. The molecule has 7 nitrogen and oxygen atoms in total. The first-order valence-corrected chi connectivity index (χ1v) is 8.63. The Morgan fingerprint density at radius 1 is 1.27 bits per heavy atom. The van der Waals surface area contributed by atoms with Gasteiger partial charge in [-0.25, -0.2) is 13.5 Å². The van der Waals surface area contributed by atoms with Crippen molar-refractivity contribution in [3.05, 3.63) is 24.0 Å². The first-order valence-electron chi connectivity index (χ1n) is 8.63. The molecule has 1 saturated carbocycles. The van der Waals surface area contributed by atoms with Crippen LogP contribution in [0.15, 0.2) is 18.3 Å². The third kappa shape index (κ3) is 4.87. The van der Waals surface area contributed by atoms with Crippen molar-refractivity contribution in [3.63, 3.8) is 0 Å². The summed E-state index contributed by atoms with van der Waals surface area (Å²) in [5, 5.41) is 7.54. The molecule has 2 aromatic rings. The van der Waals surface area contributed by atoms with Crippen LogP contribution in [-0.4, -0.2) is 52.0 Å². The third-order valence-corrected chi connectivity index (χ3v) is 4.22. The predicted octanol–water partition coefficient (Wildman–Crippen LogP) is 2.99. The molecule has 142 valence electrons. The minimum absolute atomic E-state index is 0.0523. The standard InChI is InChI=1S/C17H23F2N5O2/c1-12-5-8-24(23-12)16-21-14(11-15(22-16)26-10-9-25-2)20-13-3-6-17(18,19)7-4-13/h5,8,11,13H,3-4,6-7,9-10H2,1-2H3,(H,20,21,22). The fourth-order valence-corrected chi connectivity index (χ4v) is 2.81. The number of alkyl halides is 2. The van der Waals surface area contributed by atoms with Crippen LogP contribution in [0.3, 0.4) is 0 Å². The molecule has 0 saturated heterocycles. The number of hydrogen-bond acceptors (Lipinski definition) is 6. The average Bonchev–Trinajstić information content (AvgIpc) is 3.04. The van der Waals surface area contributed by atoms with E-state index in [1.807, 2.05) is 13.0 Å². The number of aromatic nitrogens is 4. The lowest BCUT2D eigenvalue weighted by Crippen LogP contribution is -2.32. The van der Waals surface area contributed by atoms with E-state index in [1.54, 1.807) is 24.1 Å². The summed E-state index contributed by atoms with van der Waals surface area (Å²) in [6, 6.07) is 3.46. The van der Waals surface area contributed by atoms with Crippen LogP contribution in [0.5, 0.6) is 5.88 Å². The predicted molar refractivity (Wildman–Crippen MR) is 92.1 cm³/mol. The molecule has 0 aromatic carbocycles. The smallest absolute Gasteiger partial charge is 0.255 e. The highest BCUT2D eigenvalue weighted by Gasteiger charge is 2.35. The summed E-state index contributed by atoms with van der Waals surface area (Å²) in [6.45, 7) is 2.65. The fraction of sp³-hybridized carbons (Fsp3) is 0.588. The zero-order valence-corrected chi connectivity index (χ0v) is 14.9. The lowest BCUT2D eigenvalue weighted by atomic mass is 9.92. The van der Waals surface area contributed by atoms with Gasteiger partial charge in [0.25, 0.3) is 5.95 Å². The summed E-state index contributed by atoms with van der Waals surface area (Å²) >= 11 is 0. The molecular formula is C17H23F2N5O2. The molecule has 1 fully saturated rings. The van der Waals surface area contributed by atoms with E-state index < -0.39 is 5.92 Å². The highest BCUT2D eigenvalue weighted by atomic mass is 19.3. The highest BCUT2D eigenvalue weighted by Crippen LogP contribution is 2.34. The van der Waals surface area contributed by atoms with Crippen LogP contribution in [0, 0.1) is 6.92 Å². The van der Waals surface area contributed by atoms with Gasteiger partial charge in [0.1, 0.15) is 12.4 Å². The molecule has 9 heteroatoms. The number of anilines is 1. The summed E-state index contributed by atoms with van der Waals surface area (Å²) < 4.78 is 38.8. The average molecular weight is 367 g/mol. The van der Waals surface area contributed by atoms with E-state index in [0.29, 0.717) is 43.7 Å². The molecule has 0 bridgehead atoms. The van der Waals surface area contributed by atoms with Gasteiger partial charge < -0.3 is 14.8 Å². The minimum atomic E-state index is -2.56. The summed E-state index contributed by atoms with van der Waals surface area (Å²) in [5.41, 5.74) is 0.836. The molecule has 0 unspecified atom stereocenters. The van der Waals surface area contributed by atoms with Crippen molar-refractivity contribution in [1.82, 2.24) is 19.7 Å². The lowest BCUT2D eigenvalue weighted by molar-refractivity contribution is -0.0361. The topological polar surface area (TPSA) is 74.1 Å². The Kier molecular flexibility index (Phi) is 5.65. The summed E-state index contributed by atoms with van der Waals surface area (Å²) in [5.74, 6) is -1.29. The fourth-order valence-electron chi connectivity index (χ4n) is 2.81. The Bertz CT molecular complexity index is 728. The van der Waals surface area contributed by atoms with Gasteiger partial charge in [0.15, 0.2) is 0 Å². The molecule has 0 amide bonds. The number of ether oxygens (including phenoxy) is 2. The number of methoxy groups -OCH3 is 1.